The normalized spacial score (nSPS) is 17.6. The van der Waals surface area contributed by atoms with Crippen LogP contribution in [0.2, 0.25) is 0 Å². The summed E-state index contributed by atoms with van der Waals surface area (Å²) >= 11 is 0. The Morgan fingerprint density at radius 1 is 1.22 bits per heavy atom. The molecule has 0 radical (unpaired) electrons. The summed E-state index contributed by atoms with van der Waals surface area (Å²) in [5, 5.41) is 7.28. The van der Waals surface area contributed by atoms with Crippen molar-refractivity contribution in [3.05, 3.63) is 47.7 Å². The molecule has 27 heavy (non-hydrogen) atoms. The molecule has 1 saturated heterocycles. The van der Waals surface area contributed by atoms with Crippen molar-refractivity contribution < 1.29 is 13.2 Å². The van der Waals surface area contributed by atoms with E-state index >= 15 is 0 Å². The number of hydrogen-bond donors (Lipinski definition) is 1. The third-order valence-corrected chi connectivity index (χ3v) is 7.22. The van der Waals surface area contributed by atoms with Crippen molar-refractivity contribution in [2.45, 2.75) is 32.1 Å². The van der Waals surface area contributed by atoms with E-state index in [0.717, 1.165) is 11.3 Å². The lowest BCUT2D eigenvalue weighted by Crippen LogP contribution is -2.51. The molecule has 2 heterocycles. The number of nitrogens with zero attached hydrogens (tertiary/aromatic N) is 3. The maximum Gasteiger partial charge on any atom is 0.236 e. The highest BCUT2D eigenvalue weighted by Crippen LogP contribution is 2.37. The van der Waals surface area contributed by atoms with Crippen LogP contribution in [0.25, 0.3) is 0 Å². The van der Waals surface area contributed by atoms with Gasteiger partial charge in [0.1, 0.15) is 5.82 Å². The number of sulfonamides is 1. The summed E-state index contributed by atoms with van der Waals surface area (Å²) in [6, 6.07) is 11.4. The summed E-state index contributed by atoms with van der Waals surface area (Å²) in [6.45, 7) is 4.19. The monoisotopic (exact) mass is 390 g/mol. The van der Waals surface area contributed by atoms with Crippen LogP contribution in [0.15, 0.2) is 36.4 Å². The Bertz CT molecular complexity index is 914. The van der Waals surface area contributed by atoms with Crippen LogP contribution in [0.3, 0.4) is 0 Å². The first kappa shape index (κ1) is 19.6. The fourth-order valence-electron chi connectivity index (χ4n) is 3.70. The van der Waals surface area contributed by atoms with Gasteiger partial charge in [-0.3, -0.25) is 9.48 Å². The molecule has 1 N–H and O–H groups in total. The average Bonchev–Trinajstić information content (AvgIpc) is 2.99. The Hall–Kier alpha value is -2.19. The third kappa shape index (κ3) is 3.77. The highest BCUT2D eigenvalue weighted by molar-refractivity contribution is 7.89. The largest absolute Gasteiger partial charge is 0.310 e. The maximum atomic E-state index is 13.4. The summed E-state index contributed by atoms with van der Waals surface area (Å²) in [5.74, 6) is 0.591. The molecule has 0 saturated carbocycles. The van der Waals surface area contributed by atoms with Gasteiger partial charge in [0.15, 0.2) is 0 Å². The first-order valence-electron chi connectivity index (χ1n) is 9.14. The van der Waals surface area contributed by atoms with Crippen LogP contribution in [0, 0.1) is 6.92 Å². The summed E-state index contributed by atoms with van der Waals surface area (Å²) < 4.78 is 27.6. The van der Waals surface area contributed by atoms with Crippen LogP contribution in [0.4, 0.5) is 5.82 Å². The molecule has 0 spiro atoms. The van der Waals surface area contributed by atoms with Crippen molar-refractivity contribution in [2.24, 2.45) is 7.05 Å². The number of amides is 1. The molecule has 2 aromatic rings. The number of nitrogens with one attached hydrogen (secondary N) is 1. The molecule has 1 fully saturated rings. The van der Waals surface area contributed by atoms with Gasteiger partial charge in [-0.2, -0.15) is 5.10 Å². The molecule has 1 aromatic heterocycles. The van der Waals surface area contributed by atoms with E-state index < -0.39 is 15.4 Å². The van der Waals surface area contributed by atoms with Crippen LogP contribution in [-0.2, 0) is 27.3 Å². The highest BCUT2D eigenvalue weighted by Gasteiger charge is 2.44. The van der Waals surface area contributed by atoms with Gasteiger partial charge >= 0.3 is 0 Å². The minimum atomic E-state index is -3.25. The molecule has 7 nitrogen and oxygen atoms in total. The zero-order valence-corrected chi connectivity index (χ0v) is 16.8. The van der Waals surface area contributed by atoms with E-state index in [9.17, 15) is 13.2 Å². The van der Waals surface area contributed by atoms with Gasteiger partial charge in [-0.1, -0.05) is 30.3 Å². The molecule has 1 aromatic carbocycles. The van der Waals surface area contributed by atoms with Crippen molar-refractivity contribution in [3.8, 4) is 0 Å². The van der Waals surface area contributed by atoms with Crippen LogP contribution >= 0.6 is 0 Å². The van der Waals surface area contributed by atoms with E-state index in [-0.39, 0.29) is 11.7 Å². The van der Waals surface area contributed by atoms with Gasteiger partial charge in [0.05, 0.1) is 16.9 Å². The van der Waals surface area contributed by atoms with Gasteiger partial charge in [-0.05, 0) is 32.3 Å². The maximum absolute atomic E-state index is 13.4. The number of carbonyl (C=O) groups excluding carboxylic acids is 1. The molecule has 1 aliphatic rings. The Morgan fingerprint density at radius 3 is 2.37 bits per heavy atom. The van der Waals surface area contributed by atoms with Crippen LogP contribution < -0.4 is 5.32 Å². The number of anilines is 1. The molecule has 0 aliphatic carbocycles. The number of hydrogen-bond acceptors (Lipinski definition) is 4. The minimum absolute atomic E-state index is 0.0752. The molecular formula is C19H26N4O3S. The van der Waals surface area contributed by atoms with Gasteiger partial charge < -0.3 is 5.32 Å². The van der Waals surface area contributed by atoms with E-state index in [4.69, 9.17) is 0 Å². The summed E-state index contributed by atoms with van der Waals surface area (Å²) in [6.07, 6.45) is 0.887. The van der Waals surface area contributed by atoms with Crippen molar-refractivity contribution in [2.75, 3.05) is 24.2 Å². The molecular weight excluding hydrogens is 364 g/mol. The SMILES string of the molecule is CCS(=O)(=O)N1CCC(C(=O)Nc2cc(C)nn2C)(c2ccccc2)CC1. The number of rotatable bonds is 5. The van der Waals surface area contributed by atoms with Gasteiger partial charge in [0, 0.05) is 26.2 Å². The molecule has 0 atom stereocenters. The molecule has 8 heteroatoms. The number of aryl methyl sites for hydroxylation is 2. The van der Waals surface area contributed by atoms with E-state index in [1.165, 1.54) is 4.31 Å². The highest BCUT2D eigenvalue weighted by atomic mass is 32.2. The standard InChI is InChI=1S/C19H26N4O3S/c1-4-27(25,26)23-12-10-19(11-13-23,16-8-6-5-7-9-16)18(24)20-17-14-15(2)21-22(17)3/h5-9,14H,4,10-13H2,1-3H3,(H,20,24). The van der Waals surface area contributed by atoms with E-state index in [2.05, 4.69) is 10.4 Å². The Labute approximate surface area is 160 Å². The lowest BCUT2D eigenvalue weighted by atomic mass is 9.72. The summed E-state index contributed by atoms with van der Waals surface area (Å²) in [4.78, 5) is 13.4. The Morgan fingerprint density at radius 2 is 1.85 bits per heavy atom. The lowest BCUT2D eigenvalue weighted by Gasteiger charge is -2.40. The summed E-state index contributed by atoms with van der Waals surface area (Å²) in [7, 11) is -1.47. The fourth-order valence-corrected chi connectivity index (χ4v) is 4.80. The van der Waals surface area contributed by atoms with Crippen molar-refractivity contribution in [1.29, 1.82) is 0 Å². The zero-order chi connectivity index (χ0) is 19.7. The third-order valence-electron chi connectivity index (χ3n) is 5.34. The smallest absolute Gasteiger partial charge is 0.236 e. The van der Waals surface area contributed by atoms with E-state index in [1.807, 2.05) is 43.3 Å². The number of piperidine rings is 1. The second kappa shape index (κ2) is 7.44. The van der Waals surface area contributed by atoms with E-state index in [1.54, 1.807) is 18.7 Å². The Balaban J connectivity index is 1.91. The molecule has 146 valence electrons. The number of benzene rings is 1. The molecule has 3 rings (SSSR count). The molecule has 1 amide bonds. The van der Waals surface area contributed by atoms with Gasteiger partial charge in [0.2, 0.25) is 15.9 Å². The van der Waals surface area contributed by atoms with Crippen molar-refractivity contribution in [3.63, 3.8) is 0 Å². The molecule has 0 bridgehead atoms. The predicted molar refractivity (Wildman–Crippen MR) is 105 cm³/mol. The fraction of sp³-hybridized carbons (Fsp3) is 0.474. The zero-order valence-electron chi connectivity index (χ0n) is 16.0. The van der Waals surface area contributed by atoms with Gasteiger partial charge in [-0.15, -0.1) is 0 Å². The van der Waals surface area contributed by atoms with E-state index in [0.29, 0.717) is 31.7 Å². The topological polar surface area (TPSA) is 84.3 Å². The average molecular weight is 391 g/mol. The molecule has 1 aliphatic heterocycles. The summed E-state index contributed by atoms with van der Waals surface area (Å²) in [5.41, 5.74) is 0.972. The number of aromatic nitrogens is 2. The first-order chi connectivity index (χ1) is 12.8. The first-order valence-corrected chi connectivity index (χ1v) is 10.7. The second-order valence-corrected chi connectivity index (χ2v) is 9.25. The molecule has 0 unspecified atom stereocenters. The van der Waals surface area contributed by atoms with Crippen LogP contribution in [0.5, 0.6) is 0 Å². The van der Waals surface area contributed by atoms with Crippen LogP contribution in [0.1, 0.15) is 31.0 Å². The number of carbonyl (C=O) groups is 1. The van der Waals surface area contributed by atoms with Crippen LogP contribution in [-0.4, -0.2) is 47.3 Å². The van der Waals surface area contributed by atoms with Crippen molar-refractivity contribution in [1.82, 2.24) is 14.1 Å². The van der Waals surface area contributed by atoms with Crippen molar-refractivity contribution >= 4 is 21.7 Å². The lowest BCUT2D eigenvalue weighted by molar-refractivity contribution is -0.123. The second-order valence-electron chi connectivity index (χ2n) is 7.00. The predicted octanol–water partition coefficient (Wildman–Crippen LogP) is 2.05. The minimum Gasteiger partial charge on any atom is -0.310 e. The van der Waals surface area contributed by atoms with Gasteiger partial charge in [0.25, 0.3) is 0 Å². The van der Waals surface area contributed by atoms with Gasteiger partial charge in [-0.25, -0.2) is 12.7 Å². The quantitative estimate of drug-likeness (QED) is 0.847. The Kier molecular flexibility index (Phi) is 5.39.